The molecule has 0 amide bonds. The molecule has 1 aromatic carbocycles. The van der Waals surface area contributed by atoms with Crippen molar-refractivity contribution in [3.8, 4) is 0 Å². The average Bonchev–Trinajstić information content (AvgIpc) is 3.15. The van der Waals surface area contributed by atoms with Crippen LogP contribution in [-0.4, -0.2) is 41.2 Å². The van der Waals surface area contributed by atoms with Crippen LogP contribution in [0.5, 0.6) is 0 Å². The van der Waals surface area contributed by atoms with Gasteiger partial charge in [-0.25, -0.2) is 4.39 Å². The molecular weight excluding hydrogens is 365 g/mol. The predicted octanol–water partition coefficient (Wildman–Crippen LogP) is 4.63. The van der Waals surface area contributed by atoms with Gasteiger partial charge in [0.15, 0.2) is 0 Å². The number of hydrogen-bond acceptors (Lipinski definition) is 4. The summed E-state index contributed by atoms with van der Waals surface area (Å²) in [6, 6.07) is 13.8. The minimum absolute atomic E-state index is 0.121. The van der Waals surface area contributed by atoms with E-state index in [1.165, 1.54) is 23.2 Å². The molecule has 0 unspecified atom stereocenters. The van der Waals surface area contributed by atoms with E-state index in [-0.39, 0.29) is 11.2 Å². The molecule has 0 spiro atoms. The Balaban J connectivity index is 1.42. The van der Waals surface area contributed by atoms with E-state index in [1.807, 2.05) is 25.3 Å². The molecule has 2 aromatic heterocycles. The van der Waals surface area contributed by atoms with Crippen LogP contribution in [-0.2, 0) is 17.7 Å². The van der Waals surface area contributed by atoms with Crippen LogP contribution in [0.15, 0.2) is 54.9 Å². The van der Waals surface area contributed by atoms with Gasteiger partial charge in [-0.3, -0.25) is 14.9 Å². The van der Waals surface area contributed by atoms with Crippen LogP contribution < -0.4 is 0 Å². The van der Waals surface area contributed by atoms with Crippen molar-refractivity contribution in [1.82, 2.24) is 14.9 Å². The summed E-state index contributed by atoms with van der Waals surface area (Å²) in [5.41, 5.74) is 3.35. The third kappa shape index (κ3) is 4.98. The maximum atomic E-state index is 13.1. The first-order valence-corrected chi connectivity index (χ1v) is 10.4. The molecule has 1 atom stereocenters. The van der Waals surface area contributed by atoms with Crippen LogP contribution in [0.1, 0.15) is 31.0 Å². The van der Waals surface area contributed by atoms with Gasteiger partial charge >= 0.3 is 0 Å². The van der Waals surface area contributed by atoms with E-state index in [0.717, 1.165) is 63.3 Å². The summed E-state index contributed by atoms with van der Waals surface area (Å²) in [5.74, 6) is -0.284. The van der Waals surface area contributed by atoms with Crippen molar-refractivity contribution in [1.29, 1.82) is 0 Å². The molecule has 1 fully saturated rings. The van der Waals surface area contributed by atoms with E-state index in [4.69, 9.17) is 4.74 Å². The molecule has 3 aromatic rings. The molecule has 4 rings (SSSR count). The highest BCUT2D eigenvalue weighted by atomic mass is 19.1. The second-order valence-electron chi connectivity index (χ2n) is 8.10. The Hall–Kier alpha value is -2.37. The molecule has 4 nitrogen and oxygen atoms in total. The number of para-hydroxylation sites is 1. The molecule has 3 heterocycles. The largest absolute Gasteiger partial charge is 0.381 e. The molecule has 5 heteroatoms. The van der Waals surface area contributed by atoms with Crippen molar-refractivity contribution < 1.29 is 9.13 Å². The maximum Gasteiger partial charge on any atom is 0.141 e. The first-order valence-electron chi connectivity index (χ1n) is 10.4. The van der Waals surface area contributed by atoms with Gasteiger partial charge in [-0.05, 0) is 62.6 Å². The van der Waals surface area contributed by atoms with Crippen molar-refractivity contribution in [3.05, 3.63) is 71.9 Å². The van der Waals surface area contributed by atoms with Crippen molar-refractivity contribution in [2.24, 2.45) is 5.41 Å². The summed E-state index contributed by atoms with van der Waals surface area (Å²) >= 11 is 0. The van der Waals surface area contributed by atoms with Gasteiger partial charge in [-0.1, -0.05) is 18.2 Å². The van der Waals surface area contributed by atoms with Crippen LogP contribution >= 0.6 is 0 Å². The molecular formula is C24H28FN3O. The Kier molecular flexibility index (Phi) is 6.16. The minimum atomic E-state index is -0.284. The highest BCUT2D eigenvalue weighted by Crippen LogP contribution is 2.36. The predicted molar refractivity (Wildman–Crippen MR) is 113 cm³/mol. The van der Waals surface area contributed by atoms with Gasteiger partial charge in [0, 0.05) is 42.4 Å². The molecule has 0 N–H and O–H groups in total. The van der Waals surface area contributed by atoms with Crippen molar-refractivity contribution in [2.75, 3.05) is 26.3 Å². The molecule has 1 aliphatic heterocycles. The molecule has 0 radical (unpaired) electrons. The average molecular weight is 394 g/mol. The Labute approximate surface area is 171 Å². The van der Waals surface area contributed by atoms with Gasteiger partial charge in [-0.15, -0.1) is 0 Å². The number of ether oxygens (including phenoxy) is 1. The van der Waals surface area contributed by atoms with Crippen LogP contribution in [0.3, 0.4) is 0 Å². The maximum absolute atomic E-state index is 13.1. The van der Waals surface area contributed by atoms with Crippen LogP contribution in [0, 0.1) is 11.2 Å². The second kappa shape index (κ2) is 8.97. The zero-order chi connectivity index (χ0) is 20.1. The minimum Gasteiger partial charge on any atom is -0.381 e. The lowest BCUT2D eigenvalue weighted by atomic mass is 9.82. The third-order valence-corrected chi connectivity index (χ3v) is 5.88. The zero-order valence-electron chi connectivity index (χ0n) is 17.0. The number of aromatic nitrogens is 2. The van der Waals surface area contributed by atoms with E-state index in [0.29, 0.717) is 0 Å². The lowest BCUT2D eigenvalue weighted by Gasteiger charge is -2.29. The summed E-state index contributed by atoms with van der Waals surface area (Å²) in [6.07, 6.45) is 6.25. The quantitative estimate of drug-likeness (QED) is 0.559. The summed E-state index contributed by atoms with van der Waals surface area (Å²) in [7, 11) is 0. The van der Waals surface area contributed by atoms with Gasteiger partial charge in [0.05, 0.1) is 18.3 Å². The molecule has 1 saturated heterocycles. The van der Waals surface area contributed by atoms with Crippen LogP contribution in [0.2, 0.25) is 0 Å². The molecule has 0 aliphatic carbocycles. The van der Waals surface area contributed by atoms with Crippen molar-refractivity contribution in [3.63, 3.8) is 0 Å². The topological polar surface area (TPSA) is 38.2 Å². The zero-order valence-corrected chi connectivity index (χ0v) is 17.0. The normalized spacial score (nSPS) is 19.8. The number of benzene rings is 1. The smallest absolute Gasteiger partial charge is 0.141 e. The molecule has 0 saturated carbocycles. The monoisotopic (exact) mass is 393 g/mol. The number of pyridine rings is 2. The van der Waals surface area contributed by atoms with E-state index < -0.39 is 0 Å². The number of fused-ring (bicyclic) bond motifs is 1. The summed E-state index contributed by atoms with van der Waals surface area (Å²) in [4.78, 5) is 11.3. The number of rotatable bonds is 8. The Morgan fingerprint density at radius 3 is 2.86 bits per heavy atom. The summed E-state index contributed by atoms with van der Waals surface area (Å²) < 4.78 is 19.0. The number of nitrogens with zero attached hydrogens (tertiary/aromatic N) is 3. The van der Waals surface area contributed by atoms with Gasteiger partial charge in [0.1, 0.15) is 5.82 Å². The first-order chi connectivity index (χ1) is 14.2. The van der Waals surface area contributed by atoms with Crippen LogP contribution in [0.4, 0.5) is 4.39 Å². The third-order valence-electron chi connectivity index (χ3n) is 5.88. The molecule has 1 aliphatic rings. The summed E-state index contributed by atoms with van der Waals surface area (Å²) in [5, 5.41) is 1.19. The van der Waals surface area contributed by atoms with E-state index in [2.05, 4.69) is 33.1 Å². The lowest BCUT2D eigenvalue weighted by Crippen LogP contribution is -2.32. The number of aryl methyl sites for hydroxylation is 1. The standard InChI is InChI=1S/C24H28FN3O/c1-2-29-18-24(10-9-22-8-7-21(25)15-26-22)11-12-28(17-24)16-19-13-20-5-3-4-6-23(20)27-14-19/h3-8,13-15H,2,9-12,16-18H2,1H3/t24-/m1/s1. The van der Waals surface area contributed by atoms with Gasteiger partial charge in [-0.2, -0.15) is 0 Å². The van der Waals surface area contributed by atoms with E-state index in [9.17, 15) is 4.39 Å². The SMILES string of the molecule is CCOC[C@]1(CCc2ccc(F)cn2)CCN(Cc2cnc3ccccc3c2)C1. The highest BCUT2D eigenvalue weighted by molar-refractivity contribution is 5.78. The van der Waals surface area contributed by atoms with Gasteiger partial charge < -0.3 is 4.74 Å². The Bertz CT molecular complexity index is 946. The number of hydrogen-bond donors (Lipinski definition) is 0. The van der Waals surface area contributed by atoms with Gasteiger partial charge in [0.25, 0.3) is 0 Å². The molecule has 0 bridgehead atoms. The molecule has 152 valence electrons. The second-order valence-corrected chi connectivity index (χ2v) is 8.10. The van der Waals surface area contributed by atoms with Crippen LogP contribution in [0.25, 0.3) is 10.9 Å². The van der Waals surface area contributed by atoms with Gasteiger partial charge in [0.2, 0.25) is 0 Å². The highest BCUT2D eigenvalue weighted by Gasteiger charge is 2.38. The molecule has 29 heavy (non-hydrogen) atoms. The number of likely N-dealkylation sites (tertiary alicyclic amines) is 1. The number of halogens is 1. The van der Waals surface area contributed by atoms with E-state index in [1.54, 1.807) is 6.07 Å². The fraction of sp³-hybridized carbons (Fsp3) is 0.417. The lowest BCUT2D eigenvalue weighted by molar-refractivity contribution is 0.0488. The first kappa shape index (κ1) is 19.9. The fourth-order valence-corrected chi connectivity index (χ4v) is 4.28. The summed E-state index contributed by atoms with van der Waals surface area (Å²) in [6.45, 7) is 6.49. The van der Waals surface area contributed by atoms with E-state index >= 15 is 0 Å². The van der Waals surface area contributed by atoms with Crippen molar-refractivity contribution >= 4 is 10.9 Å². The van der Waals surface area contributed by atoms with Crippen molar-refractivity contribution in [2.45, 2.75) is 32.7 Å². The fourth-order valence-electron chi connectivity index (χ4n) is 4.28. The Morgan fingerprint density at radius 2 is 2.03 bits per heavy atom. The Morgan fingerprint density at radius 1 is 1.14 bits per heavy atom.